The molecule has 0 aliphatic carbocycles. The quantitative estimate of drug-likeness (QED) is 0.758. The average molecular weight is 440 g/mol. The summed E-state index contributed by atoms with van der Waals surface area (Å²) in [4.78, 5) is 42.8. The number of carbonyl (C=O) groups excluding carboxylic acids is 3. The normalized spacial score (nSPS) is 20.9. The van der Waals surface area contributed by atoms with Crippen LogP contribution in [0.5, 0.6) is 0 Å². The Morgan fingerprint density at radius 2 is 1.74 bits per heavy atom. The SMILES string of the molecule is CC1=C(C)C2C(=O)N(Cc3ccccc3)C(=O)N(CC(=O)Nc3ccccc3F)C2S1. The van der Waals surface area contributed by atoms with Gasteiger partial charge in [0.15, 0.2) is 0 Å². The van der Waals surface area contributed by atoms with Gasteiger partial charge in [0.2, 0.25) is 11.8 Å². The molecule has 4 rings (SSSR count). The molecule has 2 unspecified atom stereocenters. The van der Waals surface area contributed by atoms with Gasteiger partial charge in [-0.2, -0.15) is 0 Å². The van der Waals surface area contributed by atoms with Crippen LogP contribution in [-0.4, -0.2) is 39.6 Å². The smallest absolute Gasteiger partial charge is 0.322 e. The Morgan fingerprint density at radius 3 is 2.45 bits per heavy atom. The van der Waals surface area contributed by atoms with Gasteiger partial charge in [0.1, 0.15) is 12.4 Å². The lowest BCUT2D eigenvalue weighted by Crippen LogP contribution is -2.60. The van der Waals surface area contributed by atoms with Crippen LogP contribution in [0.15, 0.2) is 65.1 Å². The summed E-state index contributed by atoms with van der Waals surface area (Å²) in [7, 11) is 0. The minimum atomic E-state index is -0.553. The highest BCUT2D eigenvalue weighted by molar-refractivity contribution is 8.03. The van der Waals surface area contributed by atoms with Crippen LogP contribution in [-0.2, 0) is 16.1 Å². The van der Waals surface area contributed by atoms with E-state index >= 15 is 0 Å². The molecule has 6 nitrogen and oxygen atoms in total. The molecule has 2 aromatic carbocycles. The van der Waals surface area contributed by atoms with Crippen LogP contribution in [0.3, 0.4) is 0 Å². The summed E-state index contributed by atoms with van der Waals surface area (Å²) in [5, 5.41) is 2.03. The predicted molar refractivity (Wildman–Crippen MR) is 117 cm³/mol. The number of anilines is 1. The zero-order valence-electron chi connectivity index (χ0n) is 17.2. The molecule has 2 heterocycles. The maximum Gasteiger partial charge on any atom is 0.328 e. The van der Waals surface area contributed by atoms with Gasteiger partial charge in [-0.15, -0.1) is 11.8 Å². The third-order valence-electron chi connectivity index (χ3n) is 5.57. The predicted octanol–water partition coefficient (Wildman–Crippen LogP) is 4.21. The molecule has 0 saturated carbocycles. The summed E-state index contributed by atoms with van der Waals surface area (Å²) in [5.74, 6) is -1.84. The number of urea groups is 1. The standard InChI is InChI=1S/C23H22FN3O3S/c1-14-15(2)31-22-20(14)21(29)26(12-16-8-4-3-5-9-16)23(30)27(22)13-19(28)25-18-11-7-6-10-17(18)24/h3-11,20,22H,12-13H2,1-2H3,(H,25,28). The van der Waals surface area contributed by atoms with Crippen LogP contribution in [0.4, 0.5) is 14.9 Å². The molecule has 1 N–H and O–H groups in total. The van der Waals surface area contributed by atoms with Crippen LogP contribution in [0.2, 0.25) is 0 Å². The third-order valence-corrected chi connectivity index (χ3v) is 7.01. The lowest BCUT2D eigenvalue weighted by Gasteiger charge is -2.41. The summed E-state index contributed by atoms with van der Waals surface area (Å²) in [6, 6.07) is 14.6. The van der Waals surface area contributed by atoms with E-state index < -0.39 is 29.0 Å². The van der Waals surface area contributed by atoms with E-state index in [2.05, 4.69) is 5.32 Å². The first-order valence-corrected chi connectivity index (χ1v) is 10.8. The number of fused-ring (bicyclic) bond motifs is 1. The Labute approximate surface area is 184 Å². The molecular formula is C23H22FN3O3S. The molecular weight excluding hydrogens is 417 g/mol. The van der Waals surface area contributed by atoms with Gasteiger partial charge in [-0.3, -0.25) is 14.5 Å². The van der Waals surface area contributed by atoms with Crippen molar-refractivity contribution in [2.24, 2.45) is 5.92 Å². The van der Waals surface area contributed by atoms with Crippen molar-refractivity contribution >= 4 is 35.3 Å². The van der Waals surface area contributed by atoms with Crippen molar-refractivity contribution in [3.05, 3.63) is 76.5 Å². The summed E-state index contributed by atoms with van der Waals surface area (Å²) in [6.07, 6.45) is 0. The molecule has 2 aromatic rings. The number of rotatable bonds is 5. The van der Waals surface area contributed by atoms with E-state index in [1.54, 1.807) is 6.07 Å². The number of halogens is 1. The number of hydrogen-bond donors (Lipinski definition) is 1. The molecule has 1 fully saturated rings. The van der Waals surface area contributed by atoms with Crippen LogP contribution < -0.4 is 5.32 Å². The van der Waals surface area contributed by atoms with Crippen molar-refractivity contribution in [3.63, 3.8) is 0 Å². The van der Waals surface area contributed by atoms with Crippen LogP contribution in [0.25, 0.3) is 0 Å². The molecule has 31 heavy (non-hydrogen) atoms. The highest BCUT2D eigenvalue weighted by atomic mass is 32.2. The molecule has 2 atom stereocenters. The van der Waals surface area contributed by atoms with Gasteiger partial charge in [0.05, 0.1) is 23.5 Å². The number of para-hydroxylation sites is 1. The number of thioether (sulfide) groups is 1. The maximum absolute atomic E-state index is 13.9. The monoisotopic (exact) mass is 439 g/mol. The highest BCUT2D eigenvalue weighted by Crippen LogP contribution is 2.46. The van der Waals surface area contributed by atoms with E-state index in [0.717, 1.165) is 16.0 Å². The first-order chi connectivity index (χ1) is 14.9. The number of nitrogens with zero attached hydrogens (tertiary/aromatic N) is 2. The topological polar surface area (TPSA) is 69.7 Å². The fraction of sp³-hybridized carbons (Fsp3) is 0.261. The summed E-state index contributed by atoms with van der Waals surface area (Å²) < 4.78 is 13.9. The molecule has 8 heteroatoms. The third kappa shape index (κ3) is 4.07. The van der Waals surface area contributed by atoms with Crippen molar-refractivity contribution in [1.82, 2.24) is 9.80 Å². The second kappa shape index (κ2) is 8.55. The molecule has 0 aromatic heterocycles. The molecule has 0 spiro atoms. The first kappa shape index (κ1) is 21.1. The van der Waals surface area contributed by atoms with Crippen LogP contribution in [0.1, 0.15) is 19.4 Å². The minimum Gasteiger partial charge on any atom is -0.322 e. The Bertz CT molecular complexity index is 1070. The van der Waals surface area contributed by atoms with E-state index in [4.69, 9.17) is 0 Å². The number of allylic oxidation sites excluding steroid dienone is 1. The zero-order valence-corrected chi connectivity index (χ0v) is 18.0. The maximum atomic E-state index is 13.9. The second-order valence-corrected chi connectivity index (χ2v) is 8.90. The molecule has 0 bridgehead atoms. The number of benzene rings is 2. The largest absolute Gasteiger partial charge is 0.328 e. The van der Waals surface area contributed by atoms with Gasteiger partial charge in [-0.25, -0.2) is 9.18 Å². The highest BCUT2D eigenvalue weighted by Gasteiger charge is 2.51. The Hall–Kier alpha value is -3.13. The van der Waals surface area contributed by atoms with E-state index in [9.17, 15) is 18.8 Å². The molecule has 4 amide bonds. The average Bonchev–Trinajstić information content (AvgIpc) is 3.05. The summed E-state index contributed by atoms with van der Waals surface area (Å²) >= 11 is 1.42. The van der Waals surface area contributed by atoms with E-state index in [0.29, 0.717) is 0 Å². The van der Waals surface area contributed by atoms with Gasteiger partial charge in [-0.05, 0) is 42.0 Å². The van der Waals surface area contributed by atoms with Crippen LogP contribution >= 0.6 is 11.8 Å². The fourth-order valence-electron chi connectivity index (χ4n) is 3.83. The number of hydrogen-bond acceptors (Lipinski definition) is 4. The van der Waals surface area contributed by atoms with Crippen molar-refractivity contribution < 1.29 is 18.8 Å². The Kier molecular flexibility index (Phi) is 5.82. The van der Waals surface area contributed by atoms with Crippen molar-refractivity contribution in [1.29, 1.82) is 0 Å². The van der Waals surface area contributed by atoms with Gasteiger partial charge in [0.25, 0.3) is 0 Å². The van der Waals surface area contributed by atoms with Gasteiger partial charge < -0.3 is 10.2 Å². The number of imide groups is 1. The number of carbonyl (C=O) groups is 3. The lowest BCUT2D eigenvalue weighted by atomic mass is 9.95. The van der Waals surface area contributed by atoms with Crippen molar-refractivity contribution in [3.8, 4) is 0 Å². The lowest BCUT2D eigenvalue weighted by molar-refractivity contribution is -0.136. The summed E-state index contributed by atoms with van der Waals surface area (Å²) in [5.41, 5.74) is 1.78. The molecule has 1 saturated heterocycles. The van der Waals surface area contributed by atoms with Crippen molar-refractivity contribution in [2.75, 3.05) is 11.9 Å². The zero-order chi connectivity index (χ0) is 22.1. The van der Waals surface area contributed by atoms with Gasteiger partial charge in [0, 0.05) is 0 Å². The molecule has 160 valence electrons. The fourth-order valence-corrected chi connectivity index (χ4v) is 5.25. The summed E-state index contributed by atoms with van der Waals surface area (Å²) in [6.45, 7) is 3.65. The molecule has 0 radical (unpaired) electrons. The van der Waals surface area contributed by atoms with Crippen LogP contribution in [0, 0.1) is 11.7 Å². The van der Waals surface area contributed by atoms with Crippen molar-refractivity contribution in [2.45, 2.75) is 25.8 Å². The Morgan fingerprint density at radius 1 is 1.06 bits per heavy atom. The number of amides is 4. The van der Waals surface area contributed by atoms with E-state index in [1.807, 2.05) is 44.2 Å². The van der Waals surface area contributed by atoms with Gasteiger partial charge >= 0.3 is 6.03 Å². The second-order valence-electron chi connectivity index (χ2n) is 7.57. The first-order valence-electron chi connectivity index (χ1n) is 9.91. The van der Waals surface area contributed by atoms with E-state index in [1.165, 1.54) is 39.8 Å². The Balaban J connectivity index is 1.59. The number of nitrogens with one attached hydrogen (secondary N) is 1. The van der Waals surface area contributed by atoms with Gasteiger partial charge in [-0.1, -0.05) is 42.5 Å². The van der Waals surface area contributed by atoms with E-state index in [-0.39, 0.29) is 24.7 Å². The molecule has 2 aliphatic heterocycles. The minimum absolute atomic E-state index is 0.0512. The molecule has 2 aliphatic rings.